The smallest absolute Gasteiger partial charge is 0.352 e. The number of ether oxygens (including phenoxy) is 4. The second-order valence-corrected chi connectivity index (χ2v) is 8.04. The Bertz CT molecular complexity index is 1090. The Morgan fingerprint density at radius 3 is 2.61 bits per heavy atom. The van der Waals surface area contributed by atoms with Gasteiger partial charge in [-0.05, 0) is 48.9 Å². The van der Waals surface area contributed by atoms with E-state index in [-0.39, 0.29) is 23.0 Å². The molecule has 33 heavy (non-hydrogen) atoms. The molecule has 9 heteroatoms. The molecular weight excluding hydrogens is 492 g/mol. The normalized spacial score (nSPS) is 14.7. The Morgan fingerprint density at radius 1 is 1.18 bits per heavy atom. The Morgan fingerprint density at radius 2 is 1.94 bits per heavy atom. The number of hydrogen-bond donors (Lipinski definition) is 0. The highest BCUT2D eigenvalue weighted by molar-refractivity contribution is 9.10. The van der Waals surface area contributed by atoms with E-state index in [1.807, 2.05) is 12.1 Å². The maximum atomic E-state index is 12.6. The molecule has 1 saturated heterocycles. The minimum atomic E-state index is -0.861. The van der Waals surface area contributed by atoms with Gasteiger partial charge in [-0.1, -0.05) is 28.1 Å². The van der Waals surface area contributed by atoms with Gasteiger partial charge in [-0.2, -0.15) is 5.26 Å². The molecule has 8 nitrogen and oxygen atoms in total. The number of hydrogen-bond acceptors (Lipinski definition) is 7. The van der Waals surface area contributed by atoms with Gasteiger partial charge >= 0.3 is 5.97 Å². The zero-order valence-corrected chi connectivity index (χ0v) is 19.8. The van der Waals surface area contributed by atoms with Crippen LogP contribution in [0.5, 0.6) is 17.2 Å². The molecule has 0 spiro atoms. The van der Waals surface area contributed by atoms with Crippen LogP contribution in [0.1, 0.15) is 12.5 Å². The fraction of sp³-hybridized carbons (Fsp3) is 0.292. The number of amides is 1. The molecule has 1 heterocycles. The molecule has 3 rings (SSSR count). The average Bonchev–Trinajstić information content (AvgIpc) is 2.83. The Labute approximate surface area is 200 Å². The topological polar surface area (TPSA) is 98.1 Å². The summed E-state index contributed by atoms with van der Waals surface area (Å²) in [4.78, 5) is 26.7. The van der Waals surface area contributed by atoms with Gasteiger partial charge in [0, 0.05) is 17.6 Å². The molecule has 0 N–H and O–H groups in total. The molecule has 0 aliphatic carbocycles. The van der Waals surface area contributed by atoms with Crippen LogP contribution in [0.4, 0.5) is 0 Å². The van der Waals surface area contributed by atoms with Crippen molar-refractivity contribution in [3.8, 4) is 23.3 Å². The first-order valence-corrected chi connectivity index (χ1v) is 11.0. The number of benzene rings is 2. The molecule has 1 aliphatic heterocycles. The molecule has 0 bridgehead atoms. The first-order valence-electron chi connectivity index (χ1n) is 10.2. The first kappa shape index (κ1) is 24.3. The third-order valence-electron chi connectivity index (χ3n) is 4.80. The molecule has 172 valence electrons. The fourth-order valence-corrected chi connectivity index (χ4v) is 3.47. The molecule has 1 fully saturated rings. The number of carbonyl (C=O) groups excluding carboxylic acids is 2. The van der Waals surface area contributed by atoms with Crippen molar-refractivity contribution < 1.29 is 28.5 Å². The molecule has 2 aromatic rings. The molecule has 1 amide bonds. The number of nitriles is 1. The summed E-state index contributed by atoms with van der Waals surface area (Å²) >= 11 is 3.36. The SMILES string of the molecule is COc1cc(/C=C(\C#N)C(=O)N2CCOCC2)ccc1OC(=O)C(C)Oc1cccc(Br)c1. The van der Waals surface area contributed by atoms with E-state index in [9.17, 15) is 14.9 Å². The van der Waals surface area contributed by atoms with Gasteiger partial charge in [0.05, 0.1) is 20.3 Å². The summed E-state index contributed by atoms with van der Waals surface area (Å²) in [6.07, 6.45) is 0.616. The van der Waals surface area contributed by atoms with E-state index in [0.717, 1.165) is 4.47 Å². The number of halogens is 1. The van der Waals surface area contributed by atoms with E-state index < -0.39 is 12.1 Å². The molecule has 0 saturated carbocycles. The number of methoxy groups -OCH3 is 1. The lowest BCUT2D eigenvalue weighted by molar-refractivity contribution is -0.141. The molecule has 0 radical (unpaired) electrons. The Hall–Kier alpha value is -3.35. The standard InChI is InChI=1S/C24H23BrN2O6/c1-16(32-20-5-3-4-19(25)14-20)24(29)33-21-7-6-17(13-22(21)30-2)12-18(15-26)23(28)27-8-10-31-11-9-27/h3-7,12-14,16H,8-11H2,1-2H3/b18-12+. The highest BCUT2D eigenvalue weighted by Gasteiger charge is 2.22. The van der Waals surface area contributed by atoms with Crippen molar-refractivity contribution in [2.24, 2.45) is 0 Å². The minimum absolute atomic E-state index is 0.000239. The van der Waals surface area contributed by atoms with Crippen molar-refractivity contribution in [2.45, 2.75) is 13.0 Å². The van der Waals surface area contributed by atoms with Crippen LogP contribution < -0.4 is 14.2 Å². The number of nitrogens with zero attached hydrogens (tertiary/aromatic N) is 2. The van der Waals surface area contributed by atoms with E-state index in [1.165, 1.54) is 13.2 Å². The Kier molecular flexibility index (Phi) is 8.46. The van der Waals surface area contributed by atoms with Crippen LogP contribution in [0.2, 0.25) is 0 Å². The fourth-order valence-electron chi connectivity index (χ4n) is 3.09. The lowest BCUT2D eigenvalue weighted by atomic mass is 10.1. The predicted molar refractivity (Wildman–Crippen MR) is 124 cm³/mol. The summed E-state index contributed by atoms with van der Waals surface area (Å²) in [5, 5.41) is 9.47. The predicted octanol–water partition coefficient (Wildman–Crippen LogP) is 3.60. The van der Waals surface area contributed by atoms with Crippen molar-refractivity contribution in [2.75, 3.05) is 33.4 Å². The highest BCUT2D eigenvalue weighted by atomic mass is 79.9. The van der Waals surface area contributed by atoms with E-state index >= 15 is 0 Å². The molecular formula is C24H23BrN2O6. The lowest BCUT2D eigenvalue weighted by Crippen LogP contribution is -2.41. The quantitative estimate of drug-likeness (QED) is 0.241. The monoisotopic (exact) mass is 514 g/mol. The van der Waals surface area contributed by atoms with Gasteiger partial charge in [-0.25, -0.2) is 4.79 Å². The van der Waals surface area contributed by atoms with E-state index in [1.54, 1.807) is 48.2 Å². The van der Waals surface area contributed by atoms with Crippen LogP contribution in [0.15, 0.2) is 52.5 Å². The third kappa shape index (κ3) is 6.57. The summed E-state index contributed by atoms with van der Waals surface area (Å²) in [6.45, 7) is 3.36. The van der Waals surface area contributed by atoms with Crippen LogP contribution >= 0.6 is 15.9 Å². The van der Waals surface area contributed by atoms with Crippen molar-refractivity contribution in [3.63, 3.8) is 0 Å². The number of morpholine rings is 1. The highest BCUT2D eigenvalue weighted by Crippen LogP contribution is 2.30. The molecule has 1 unspecified atom stereocenters. The summed E-state index contributed by atoms with van der Waals surface area (Å²) in [6, 6.07) is 13.9. The van der Waals surface area contributed by atoms with Crippen LogP contribution in [0.25, 0.3) is 6.08 Å². The minimum Gasteiger partial charge on any atom is -0.493 e. The number of esters is 1. The zero-order chi connectivity index (χ0) is 23.8. The van der Waals surface area contributed by atoms with Gasteiger partial charge in [-0.15, -0.1) is 0 Å². The van der Waals surface area contributed by atoms with Crippen LogP contribution in [0, 0.1) is 11.3 Å². The molecule has 0 aromatic heterocycles. The van der Waals surface area contributed by atoms with Crippen LogP contribution in [-0.4, -0.2) is 56.3 Å². The molecule has 1 aliphatic rings. The van der Waals surface area contributed by atoms with E-state index in [0.29, 0.717) is 37.6 Å². The van der Waals surface area contributed by atoms with Gasteiger partial charge in [0.1, 0.15) is 17.4 Å². The van der Waals surface area contributed by atoms with Crippen molar-refractivity contribution in [3.05, 3.63) is 58.1 Å². The van der Waals surface area contributed by atoms with Gasteiger partial charge in [0.2, 0.25) is 0 Å². The average molecular weight is 515 g/mol. The van der Waals surface area contributed by atoms with Crippen LogP contribution in [0.3, 0.4) is 0 Å². The summed E-state index contributed by atoms with van der Waals surface area (Å²) in [5.41, 5.74) is 0.558. The van der Waals surface area contributed by atoms with Gasteiger partial charge in [-0.3, -0.25) is 4.79 Å². The maximum Gasteiger partial charge on any atom is 0.352 e. The number of rotatable bonds is 7. The van der Waals surface area contributed by atoms with Crippen LogP contribution in [-0.2, 0) is 14.3 Å². The largest absolute Gasteiger partial charge is 0.493 e. The lowest BCUT2D eigenvalue weighted by Gasteiger charge is -2.26. The third-order valence-corrected chi connectivity index (χ3v) is 5.29. The summed E-state index contributed by atoms with van der Waals surface area (Å²) in [5.74, 6) is 0.0473. The van der Waals surface area contributed by atoms with Crippen molar-refractivity contribution in [1.29, 1.82) is 5.26 Å². The number of carbonyl (C=O) groups is 2. The molecule has 2 aromatic carbocycles. The first-order chi connectivity index (χ1) is 15.9. The van der Waals surface area contributed by atoms with Crippen molar-refractivity contribution >= 4 is 33.9 Å². The second-order valence-electron chi connectivity index (χ2n) is 7.12. The van der Waals surface area contributed by atoms with Crippen molar-refractivity contribution in [1.82, 2.24) is 4.90 Å². The Balaban J connectivity index is 1.72. The second kappa shape index (κ2) is 11.5. The summed E-state index contributed by atoms with van der Waals surface area (Å²) in [7, 11) is 1.44. The van der Waals surface area contributed by atoms with Gasteiger partial charge < -0.3 is 23.8 Å². The van der Waals surface area contributed by atoms with Gasteiger partial charge in [0.15, 0.2) is 17.6 Å². The van der Waals surface area contributed by atoms with Gasteiger partial charge in [0.25, 0.3) is 5.91 Å². The summed E-state index contributed by atoms with van der Waals surface area (Å²) < 4.78 is 22.5. The zero-order valence-electron chi connectivity index (χ0n) is 18.2. The maximum absolute atomic E-state index is 12.6. The molecule has 1 atom stereocenters. The van der Waals surface area contributed by atoms with E-state index in [4.69, 9.17) is 18.9 Å². The van der Waals surface area contributed by atoms with E-state index in [2.05, 4.69) is 15.9 Å².